The van der Waals surface area contributed by atoms with Gasteiger partial charge in [-0.3, -0.25) is 9.59 Å². The van der Waals surface area contributed by atoms with Gasteiger partial charge >= 0.3 is 5.97 Å². The van der Waals surface area contributed by atoms with Gasteiger partial charge in [0.25, 0.3) is 5.91 Å². The Kier molecular flexibility index (Phi) is 5.73. The first-order valence-electron chi connectivity index (χ1n) is 9.09. The Balaban J connectivity index is 1.63. The molecule has 1 saturated heterocycles. The molecule has 1 aromatic heterocycles. The van der Waals surface area contributed by atoms with Gasteiger partial charge in [-0.25, -0.2) is 9.78 Å². The summed E-state index contributed by atoms with van der Waals surface area (Å²) in [5.41, 5.74) is 1.26. The molecule has 1 aliphatic heterocycles. The van der Waals surface area contributed by atoms with Crippen molar-refractivity contribution < 1.29 is 24.2 Å². The zero-order valence-electron chi connectivity index (χ0n) is 15.8. The number of aromatic nitrogens is 1. The fraction of sp³-hybridized carbons (Fsp3) is 0.333. The van der Waals surface area contributed by atoms with Crippen molar-refractivity contribution in [2.75, 3.05) is 20.2 Å². The highest BCUT2D eigenvalue weighted by atomic mass is 16.5. The molecule has 0 saturated carbocycles. The zero-order valence-corrected chi connectivity index (χ0v) is 15.8. The molecule has 0 atom stereocenters. The van der Waals surface area contributed by atoms with E-state index in [0.717, 1.165) is 0 Å². The summed E-state index contributed by atoms with van der Waals surface area (Å²) in [6.07, 6.45) is 1.17. The van der Waals surface area contributed by atoms with E-state index in [1.165, 1.54) is 12.1 Å². The van der Waals surface area contributed by atoms with Gasteiger partial charge in [0.05, 0.1) is 18.4 Å². The Labute approximate surface area is 163 Å². The van der Waals surface area contributed by atoms with Gasteiger partial charge in [-0.05, 0) is 56.2 Å². The van der Waals surface area contributed by atoms with E-state index in [2.05, 4.69) is 4.98 Å². The van der Waals surface area contributed by atoms with E-state index in [-0.39, 0.29) is 28.9 Å². The largest absolute Gasteiger partial charge is 0.497 e. The monoisotopic (exact) mass is 382 g/mol. The standard InChI is InChI=1S/C21H22N2O5/c1-13-17(21(26)27)7-8-18(22-13)20(25)23-11-9-15(10-12-23)19(24)14-3-5-16(28-2)6-4-14/h3-8,15H,9-12H2,1-2H3,(H,26,27). The maximum atomic E-state index is 12.7. The van der Waals surface area contributed by atoms with E-state index in [1.807, 2.05) is 0 Å². The van der Waals surface area contributed by atoms with Crippen molar-refractivity contribution in [3.8, 4) is 5.75 Å². The molecule has 1 aromatic carbocycles. The van der Waals surface area contributed by atoms with Crippen LogP contribution in [0, 0.1) is 12.8 Å². The lowest BCUT2D eigenvalue weighted by atomic mass is 9.88. The average Bonchev–Trinajstić information content (AvgIpc) is 2.72. The number of hydrogen-bond donors (Lipinski definition) is 1. The van der Waals surface area contributed by atoms with Gasteiger partial charge in [0.2, 0.25) is 0 Å². The number of piperidine rings is 1. The normalized spacial score (nSPS) is 14.6. The first-order chi connectivity index (χ1) is 13.4. The van der Waals surface area contributed by atoms with Crippen LogP contribution in [0.2, 0.25) is 0 Å². The van der Waals surface area contributed by atoms with Crippen molar-refractivity contribution in [2.45, 2.75) is 19.8 Å². The second-order valence-corrected chi connectivity index (χ2v) is 6.79. The number of ketones is 1. The van der Waals surface area contributed by atoms with Crippen LogP contribution in [0.3, 0.4) is 0 Å². The van der Waals surface area contributed by atoms with E-state index < -0.39 is 5.97 Å². The summed E-state index contributed by atoms with van der Waals surface area (Å²) in [5.74, 6) is -0.651. The molecule has 0 spiro atoms. The maximum Gasteiger partial charge on any atom is 0.337 e. The number of nitrogens with zero attached hydrogens (tertiary/aromatic N) is 2. The predicted molar refractivity (Wildman–Crippen MR) is 102 cm³/mol. The molecule has 1 fully saturated rings. The number of aryl methyl sites for hydroxylation is 1. The van der Waals surface area contributed by atoms with Crippen LogP contribution in [0.4, 0.5) is 0 Å². The summed E-state index contributed by atoms with van der Waals surface area (Å²) >= 11 is 0. The van der Waals surface area contributed by atoms with Gasteiger partial charge in [-0.1, -0.05) is 0 Å². The van der Waals surface area contributed by atoms with Crippen LogP contribution in [-0.4, -0.2) is 52.8 Å². The van der Waals surface area contributed by atoms with Gasteiger partial charge in [-0.2, -0.15) is 0 Å². The number of amides is 1. The number of pyridine rings is 1. The SMILES string of the molecule is COc1ccc(C(=O)C2CCN(C(=O)c3ccc(C(=O)O)c(C)n3)CC2)cc1. The highest BCUT2D eigenvalue weighted by Gasteiger charge is 2.29. The fourth-order valence-corrected chi connectivity index (χ4v) is 3.40. The number of carboxylic acid groups (broad SMARTS) is 1. The van der Waals surface area contributed by atoms with Gasteiger partial charge in [0.1, 0.15) is 11.4 Å². The van der Waals surface area contributed by atoms with E-state index in [1.54, 1.807) is 43.2 Å². The summed E-state index contributed by atoms with van der Waals surface area (Å²) in [6, 6.07) is 9.89. The molecule has 0 bridgehead atoms. The van der Waals surface area contributed by atoms with E-state index in [9.17, 15) is 14.4 Å². The molecule has 2 aromatic rings. The third-order valence-electron chi connectivity index (χ3n) is 5.06. The van der Waals surface area contributed by atoms with Crippen LogP contribution in [-0.2, 0) is 0 Å². The highest BCUT2D eigenvalue weighted by molar-refractivity contribution is 5.98. The Bertz CT molecular complexity index is 900. The second-order valence-electron chi connectivity index (χ2n) is 6.79. The minimum absolute atomic E-state index is 0.0783. The lowest BCUT2D eigenvalue weighted by Crippen LogP contribution is -2.40. The quantitative estimate of drug-likeness (QED) is 0.799. The minimum atomic E-state index is -1.07. The van der Waals surface area contributed by atoms with Crippen molar-refractivity contribution in [3.05, 3.63) is 58.9 Å². The zero-order chi connectivity index (χ0) is 20.3. The molecule has 0 radical (unpaired) electrons. The molecule has 28 heavy (non-hydrogen) atoms. The Morgan fingerprint density at radius 2 is 1.71 bits per heavy atom. The lowest BCUT2D eigenvalue weighted by molar-refractivity contribution is 0.0643. The average molecular weight is 382 g/mol. The molecule has 146 valence electrons. The van der Waals surface area contributed by atoms with Crippen molar-refractivity contribution in [3.63, 3.8) is 0 Å². The number of methoxy groups -OCH3 is 1. The number of aromatic carboxylic acids is 1. The van der Waals surface area contributed by atoms with Gasteiger partial charge in [0, 0.05) is 24.6 Å². The molecule has 7 heteroatoms. The summed E-state index contributed by atoms with van der Waals surface area (Å²) < 4.78 is 5.11. The Morgan fingerprint density at radius 3 is 2.25 bits per heavy atom. The maximum absolute atomic E-state index is 12.7. The van der Waals surface area contributed by atoms with Gasteiger partial charge < -0.3 is 14.7 Å². The number of Topliss-reactive ketones (excluding diaryl/α,β-unsaturated/α-hetero) is 1. The summed E-state index contributed by atoms with van der Waals surface area (Å²) in [6.45, 7) is 2.50. The molecule has 0 aliphatic carbocycles. The highest BCUT2D eigenvalue weighted by Crippen LogP contribution is 2.24. The lowest BCUT2D eigenvalue weighted by Gasteiger charge is -2.31. The predicted octanol–water partition coefficient (Wildman–Crippen LogP) is 2.83. The first-order valence-corrected chi connectivity index (χ1v) is 9.09. The third-order valence-corrected chi connectivity index (χ3v) is 5.06. The third kappa shape index (κ3) is 4.03. The van der Waals surface area contributed by atoms with E-state index >= 15 is 0 Å². The molecule has 1 N–H and O–H groups in total. The smallest absolute Gasteiger partial charge is 0.337 e. The first kappa shape index (κ1) is 19.5. The van der Waals surface area contributed by atoms with Gasteiger partial charge in [0.15, 0.2) is 5.78 Å². The van der Waals surface area contributed by atoms with Crippen LogP contribution in [0.15, 0.2) is 36.4 Å². The molecular weight excluding hydrogens is 360 g/mol. The number of carbonyl (C=O) groups is 3. The summed E-state index contributed by atoms with van der Waals surface area (Å²) in [5, 5.41) is 9.07. The molecule has 7 nitrogen and oxygen atoms in total. The van der Waals surface area contributed by atoms with Crippen LogP contribution >= 0.6 is 0 Å². The van der Waals surface area contributed by atoms with Crippen molar-refractivity contribution in [1.29, 1.82) is 0 Å². The Hall–Kier alpha value is -3.22. The topological polar surface area (TPSA) is 96.8 Å². The van der Waals surface area contributed by atoms with Crippen LogP contribution in [0.5, 0.6) is 5.75 Å². The number of hydrogen-bond acceptors (Lipinski definition) is 5. The van der Waals surface area contributed by atoms with Crippen molar-refractivity contribution in [1.82, 2.24) is 9.88 Å². The van der Waals surface area contributed by atoms with Crippen molar-refractivity contribution in [2.24, 2.45) is 5.92 Å². The van der Waals surface area contributed by atoms with Crippen LogP contribution in [0.25, 0.3) is 0 Å². The number of carboxylic acids is 1. The fourth-order valence-electron chi connectivity index (χ4n) is 3.40. The Morgan fingerprint density at radius 1 is 1.07 bits per heavy atom. The van der Waals surface area contributed by atoms with Crippen molar-refractivity contribution >= 4 is 17.7 Å². The van der Waals surface area contributed by atoms with E-state index in [0.29, 0.717) is 42.9 Å². The number of ether oxygens (including phenoxy) is 1. The van der Waals surface area contributed by atoms with E-state index in [4.69, 9.17) is 9.84 Å². The molecular formula is C21H22N2O5. The second kappa shape index (κ2) is 8.21. The minimum Gasteiger partial charge on any atom is -0.497 e. The van der Waals surface area contributed by atoms with Crippen LogP contribution < -0.4 is 4.74 Å². The number of carbonyl (C=O) groups excluding carboxylic acids is 2. The van der Waals surface area contributed by atoms with Crippen LogP contribution in [0.1, 0.15) is 49.7 Å². The number of likely N-dealkylation sites (tertiary alicyclic amines) is 1. The molecule has 1 amide bonds. The number of benzene rings is 1. The number of rotatable bonds is 5. The molecule has 2 heterocycles. The summed E-state index contributed by atoms with van der Waals surface area (Å²) in [4.78, 5) is 42.2. The molecule has 0 unspecified atom stereocenters. The van der Waals surface area contributed by atoms with Gasteiger partial charge in [-0.15, -0.1) is 0 Å². The molecule has 1 aliphatic rings. The summed E-state index contributed by atoms with van der Waals surface area (Å²) in [7, 11) is 1.58. The molecule has 3 rings (SSSR count).